The van der Waals surface area contributed by atoms with E-state index in [0.29, 0.717) is 0 Å². The molecule has 0 aliphatic carbocycles. The minimum atomic E-state index is -2.13. The SMILES string of the molecule is CO[Si](C)(C)O.[CH3-].[CH3-].[CH3][Al][CH3].[Ti+2]. The first-order valence-electron chi connectivity index (χ1n) is 2.99. The van der Waals surface area contributed by atoms with E-state index in [0.717, 1.165) is 15.2 Å². The third-order valence-corrected chi connectivity index (χ3v) is 1.50. The number of hydrogen-bond acceptors (Lipinski definition) is 2. The second-order valence-electron chi connectivity index (χ2n) is 2.23. The van der Waals surface area contributed by atoms with Gasteiger partial charge in [-0.25, -0.2) is 0 Å². The van der Waals surface area contributed by atoms with E-state index in [9.17, 15) is 0 Å². The van der Waals surface area contributed by atoms with Gasteiger partial charge in [0.1, 0.15) is 0 Å². The van der Waals surface area contributed by atoms with E-state index in [-0.39, 0.29) is 36.6 Å². The van der Waals surface area contributed by atoms with Crippen molar-refractivity contribution in [2.24, 2.45) is 0 Å². The Labute approximate surface area is 101 Å². The van der Waals surface area contributed by atoms with Gasteiger partial charge in [-0.3, -0.25) is 0 Å². The first-order valence-corrected chi connectivity index (χ1v) is 8.16. The summed E-state index contributed by atoms with van der Waals surface area (Å²) in [6, 6.07) is 0. The average Bonchev–Trinajstić information content (AvgIpc) is 1.67. The maximum atomic E-state index is 8.74. The summed E-state index contributed by atoms with van der Waals surface area (Å²) in [5.74, 6) is 4.42. The molecule has 0 heterocycles. The maximum Gasteiger partial charge on any atom is 2.00 e. The van der Waals surface area contributed by atoms with Crippen molar-refractivity contribution in [3.63, 3.8) is 0 Å². The molecule has 0 unspecified atom stereocenters. The molecule has 0 aliphatic rings. The molecule has 0 saturated carbocycles. The second kappa shape index (κ2) is 18.2. The monoisotopic (exact) mass is 241 g/mol. The first-order chi connectivity index (χ1) is 3.97. The Morgan fingerprint density at radius 2 is 1.25 bits per heavy atom. The largest absolute Gasteiger partial charge is 2.00 e. The summed E-state index contributed by atoms with van der Waals surface area (Å²) in [5.41, 5.74) is 0. The second-order valence-corrected chi connectivity index (χ2v) is 6.68. The minimum Gasteiger partial charge on any atom is -0.411 e. The number of hydrogen-bond donors (Lipinski definition) is 1. The molecule has 0 fully saturated rings. The summed E-state index contributed by atoms with van der Waals surface area (Å²) in [5, 5.41) is 0. The van der Waals surface area contributed by atoms with E-state index in [1.165, 1.54) is 7.11 Å². The normalized spacial score (nSPS) is 7.17. The van der Waals surface area contributed by atoms with Gasteiger partial charge >= 0.3 is 30.3 Å². The van der Waals surface area contributed by atoms with Gasteiger partial charge < -0.3 is 24.1 Å². The van der Waals surface area contributed by atoms with Crippen molar-refractivity contribution in [3.05, 3.63) is 14.9 Å². The van der Waals surface area contributed by atoms with Crippen molar-refractivity contribution in [3.8, 4) is 0 Å². The van der Waals surface area contributed by atoms with E-state index in [1.807, 2.05) is 0 Å². The van der Waals surface area contributed by atoms with Crippen LogP contribution in [0.25, 0.3) is 0 Å². The molecule has 0 rings (SSSR count). The van der Waals surface area contributed by atoms with E-state index in [4.69, 9.17) is 4.80 Å². The molecule has 1 N–H and O–H groups in total. The summed E-state index contributed by atoms with van der Waals surface area (Å²) < 4.78 is 4.63. The zero-order valence-corrected chi connectivity index (χ0v) is 13.1. The van der Waals surface area contributed by atoms with E-state index in [1.54, 1.807) is 13.1 Å². The predicted octanol–water partition coefficient (Wildman–Crippen LogP) is 2.01. The summed E-state index contributed by atoms with van der Waals surface area (Å²) in [6.07, 6.45) is 0. The Morgan fingerprint density at radius 3 is 1.25 bits per heavy atom. The molecule has 0 saturated heterocycles. The predicted molar refractivity (Wildman–Crippen MR) is 57.0 cm³/mol. The smallest absolute Gasteiger partial charge is 0.411 e. The molecular weight excluding hydrogens is 219 g/mol. The van der Waals surface area contributed by atoms with Gasteiger partial charge in [0.2, 0.25) is 0 Å². The van der Waals surface area contributed by atoms with Crippen LogP contribution in [-0.4, -0.2) is 35.7 Å². The van der Waals surface area contributed by atoms with Crippen LogP contribution in [0.4, 0.5) is 0 Å². The summed E-state index contributed by atoms with van der Waals surface area (Å²) in [6.45, 7) is 3.43. The van der Waals surface area contributed by atoms with Crippen LogP contribution in [0, 0.1) is 14.9 Å². The zero-order chi connectivity index (χ0) is 7.91. The van der Waals surface area contributed by atoms with Gasteiger partial charge in [0.25, 0.3) is 0 Å². The zero-order valence-electron chi connectivity index (χ0n) is 9.43. The van der Waals surface area contributed by atoms with Gasteiger partial charge in [0.15, 0.2) is 15.2 Å². The third-order valence-electron chi connectivity index (χ3n) is 0.500. The maximum absolute atomic E-state index is 8.74. The fourth-order valence-corrected chi connectivity index (χ4v) is 0. The molecule has 0 spiro atoms. The van der Waals surface area contributed by atoms with E-state index in [2.05, 4.69) is 16.0 Å². The summed E-state index contributed by atoms with van der Waals surface area (Å²) in [7, 11) is -0.611. The van der Waals surface area contributed by atoms with Crippen molar-refractivity contribution in [1.29, 1.82) is 0 Å². The van der Waals surface area contributed by atoms with Gasteiger partial charge in [-0.1, -0.05) is 0 Å². The Kier molecular flexibility index (Phi) is 44.3. The number of rotatable bonds is 1. The molecule has 73 valence electrons. The van der Waals surface area contributed by atoms with Crippen LogP contribution in [0.1, 0.15) is 0 Å². The van der Waals surface area contributed by atoms with Crippen LogP contribution in [0.5, 0.6) is 0 Å². The molecule has 0 bridgehead atoms. The molecule has 2 nitrogen and oxygen atoms in total. The molecule has 0 aliphatic heterocycles. The van der Waals surface area contributed by atoms with Gasteiger partial charge in [0, 0.05) is 7.11 Å². The molecule has 0 aromatic rings. The van der Waals surface area contributed by atoms with Crippen LogP contribution >= 0.6 is 0 Å². The quantitative estimate of drug-likeness (QED) is 0.562. The Balaban J connectivity index is -0.0000000246. The van der Waals surface area contributed by atoms with Crippen LogP contribution in [0.2, 0.25) is 24.7 Å². The molecule has 1 radical (unpaired) electrons. The Morgan fingerprint density at radius 1 is 1.17 bits per heavy atom. The molecule has 0 aromatic heterocycles. The van der Waals surface area contributed by atoms with Gasteiger partial charge in [0.05, 0.1) is 0 Å². The summed E-state index contributed by atoms with van der Waals surface area (Å²) in [4.78, 5) is 8.74. The van der Waals surface area contributed by atoms with E-state index < -0.39 is 8.56 Å². The molecule has 0 atom stereocenters. The standard InChI is InChI=1S/C3H10O2Si.4CH3.Al.Ti/c1-5-6(2,3)4;;;;;;/h4H,1-3H3;4*1H3;;/q;;;2*-1;;+2. The Hall–Kier alpha value is 1.38. The van der Waals surface area contributed by atoms with Gasteiger partial charge in [-0.2, -0.15) is 0 Å². The molecular formula is C7H22AlO2SiTi. The Bertz CT molecular complexity index is 59.9. The van der Waals surface area contributed by atoms with Crippen molar-refractivity contribution < 1.29 is 30.9 Å². The average molecular weight is 241 g/mol. The minimum absolute atomic E-state index is 0. The first kappa shape index (κ1) is 29.2. The van der Waals surface area contributed by atoms with Crippen LogP contribution in [-0.2, 0) is 26.1 Å². The van der Waals surface area contributed by atoms with Crippen molar-refractivity contribution in [2.75, 3.05) is 7.11 Å². The van der Waals surface area contributed by atoms with Gasteiger partial charge in [-0.05, 0) is 13.1 Å². The molecule has 0 amide bonds. The fraction of sp³-hybridized carbons (Fsp3) is 0.714. The molecule has 12 heavy (non-hydrogen) atoms. The third kappa shape index (κ3) is 63.9. The summed E-state index contributed by atoms with van der Waals surface area (Å²) >= 11 is 0.750. The van der Waals surface area contributed by atoms with Crippen molar-refractivity contribution in [1.82, 2.24) is 0 Å². The van der Waals surface area contributed by atoms with Crippen LogP contribution in [0.15, 0.2) is 0 Å². The van der Waals surface area contributed by atoms with Crippen molar-refractivity contribution in [2.45, 2.75) is 24.7 Å². The van der Waals surface area contributed by atoms with Crippen LogP contribution < -0.4 is 0 Å². The molecule has 5 heteroatoms. The topological polar surface area (TPSA) is 29.5 Å². The van der Waals surface area contributed by atoms with Gasteiger partial charge in [-0.15, -0.1) is 11.6 Å². The fourth-order valence-electron chi connectivity index (χ4n) is 0. The van der Waals surface area contributed by atoms with E-state index >= 15 is 0 Å². The van der Waals surface area contributed by atoms with Crippen LogP contribution in [0.3, 0.4) is 0 Å². The van der Waals surface area contributed by atoms with Crippen molar-refractivity contribution >= 4 is 23.8 Å². The molecule has 0 aromatic carbocycles.